The van der Waals surface area contributed by atoms with Gasteiger partial charge in [-0.25, -0.2) is 4.98 Å². The lowest BCUT2D eigenvalue weighted by atomic mass is 10.2. The van der Waals surface area contributed by atoms with Gasteiger partial charge in [0, 0.05) is 18.3 Å². The Balaban J connectivity index is 1.90. The first-order valence-electron chi connectivity index (χ1n) is 5.75. The van der Waals surface area contributed by atoms with Crippen LogP contribution in [0, 0.1) is 13.8 Å². The van der Waals surface area contributed by atoms with Crippen molar-refractivity contribution < 1.29 is 4.79 Å². The molecule has 18 heavy (non-hydrogen) atoms. The number of rotatable bonds is 4. The lowest BCUT2D eigenvalue weighted by Crippen LogP contribution is -2.12. The summed E-state index contributed by atoms with van der Waals surface area (Å²) < 4.78 is 1.74. The van der Waals surface area contributed by atoms with Crippen molar-refractivity contribution >= 4 is 22.9 Å². The molecule has 0 fully saturated rings. The predicted molar refractivity (Wildman–Crippen MR) is 71.7 cm³/mol. The molecule has 0 atom stereocenters. The van der Waals surface area contributed by atoms with Gasteiger partial charge >= 0.3 is 0 Å². The molecule has 0 bridgehead atoms. The van der Waals surface area contributed by atoms with E-state index in [-0.39, 0.29) is 5.91 Å². The number of carbonyl (C=O) groups is 1. The third-order valence-corrected chi connectivity index (χ3v) is 3.93. The van der Waals surface area contributed by atoms with E-state index in [1.165, 1.54) is 4.88 Å². The van der Waals surface area contributed by atoms with E-state index in [1.54, 1.807) is 22.2 Å². The number of anilines is 1. The number of nitrogens with zero attached hydrogens (tertiary/aromatic N) is 3. The SMILES string of the molecule is Cc1ncsc1CCC(=O)Nc1cnn(C)c1C. The first-order chi connectivity index (χ1) is 8.58. The largest absolute Gasteiger partial charge is 0.323 e. The maximum Gasteiger partial charge on any atom is 0.224 e. The molecule has 0 saturated carbocycles. The summed E-state index contributed by atoms with van der Waals surface area (Å²) in [7, 11) is 1.85. The Bertz CT molecular complexity index is 558. The first-order valence-corrected chi connectivity index (χ1v) is 6.63. The number of nitrogens with one attached hydrogen (secondary N) is 1. The van der Waals surface area contributed by atoms with Gasteiger partial charge in [-0.1, -0.05) is 0 Å². The molecule has 0 unspecified atom stereocenters. The summed E-state index contributed by atoms with van der Waals surface area (Å²) in [5, 5.41) is 6.96. The Kier molecular flexibility index (Phi) is 3.76. The van der Waals surface area contributed by atoms with Gasteiger partial charge in [-0.2, -0.15) is 5.10 Å². The number of amides is 1. The molecule has 5 nitrogen and oxygen atoms in total. The Hall–Kier alpha value is -1.69. The van der Waals surface area contributed by atoms with Crippen LogP contribution >= 0.6 is 11.3 Å². The summed E-state index contributed by atoms with van der Waals surface area (Å²) in [5.74, 6) is 0.0129. The monoisotopic (exact) mass is 264 g/mol. The highest BCUT2D eigenvalue weighted by Gasteiger charge is 2.09. The number of thiazole rings is 1. The number of aryl methyl sites for hydroxylation is 3. The van der Waals surface area contributed by atoms with Crippen molar-refractivity contribution in [3.05, 3.63) is 28.0 Å². The lowest BCUT2D eigenvalue weighted by Gasteiger charge is -2.04. The molecule has 0 radical (unpaired) electrons. The van der Waals surface area contributed by atoms with Crippen molar-refractivity contribution in [2.45, 2.75) is 26.7 Å². The second-order valence-electron chi connectivity index (χ2n) is 4.18. The molecule has 1 N–H and O–H groups in total. The van der Waals surface area contributed by atoms with Crippen LogP contribution in [0.2, 0.25) is 0 Å². The third-order valence-electron chi connectivity index (χ3n) is 2.93. The third kappa shape index (κ3) is 2.76. The Morgan fingerprint density at radius 3 is 2.83 bits per heavy atom. The standard InChI is InChI=1S/C12H16N4OS/c1-8-11(18-7-13-8)4-5-12(17)15-10-6-14-16(3)9(10)2/h6-7H,4-5H2,1-3H3,(H,15,17). The van der Waals surface area contributed by atoms with Crippen LogP contribution in [0.3, 0.4) is 0 Å². The molecule has 2 heterocycles. The van der Waals surface area contributed by atoms with Crippen LogP contribution in [-0.4, -0.2) is 20.7 Å². The zero-order chi connectivity index (χ0) is 13.1. The van der Waals surface area contributed by atoms with E-state index < -0.39 is 0 Å². The van der Waals surface area contributed by atoms with E-state index in [0.29, 0.717) is 6.42 Å². The van der Waals surface area contributed by atoms with Crippen LogP contribution in [0.25, 0.3) is 0 Å². The van der Waals surface area contributed by atoms with Crippen molar-refractivity contribution in [1.82, 2.24) is 14.8 Å². The highest BCUT2D eigenvalue weighted by molar-refractivity contribution is 7.09. The minimum absolute atomic E-state index is 0.0129. The summed E-state index contributed by atoms with van der Waals surface area (Å²) in [5.41, 5.74) is 4.57. The summed E-state index contributed by atoms with van der Waals surface area (Å²) in [6, 6.07) is 0. The van der Waals surface area contributed by atoms with Gasteiger partial charge in [0.25, 0.3) is 0 Å². The molecule has 0 saturated heterocycles. The van der Waals surface area contributed by atoms with Crippen LogP contribution < -0.4 is 5.32 Å². The van der Waals surface area contributed by atoms with Crippen LogP contribution in [-0.2, 0) is 18.3 Å². The van der Waals surface area contributed by atoms with Gasteiger partial charge in [0.15, 0.2) is 0 Å². The predicted octanol–water partition coefficient (Wildman–Crippen LogP) is 2.06. The number of aromatic nitrogens is 3. The minimum Gasteiger partial charge on any atom is -0.323 e. The first kappa shape index (κ1) is 12.8. The second kappa shape index (κ2) is 5.30. The number of hydrogen-bond acceptors (Lipinski definition) is 4. The zero-order valence-corrected chi connectivity index (χ0v) is 11.5. The normalized spacial score (nSPS) is 10.6. The molecule has 0 aliphatic rings. The Morgan fingerprint density at radius 1 is 1.50 bits per heavy atom. The maximum atomic E-state index is 11.8. The second-order valence-corrected chi connectivity index (χ2v) is 5.12. The summed E-state index contributed by atoms with van der Waals surface area (Å²) >= 11 is 1.60. The van der Waals surface area contributed by atoms with Gasteiger partial charge in [0.1, 0.15) is 0 Å². The van der Waals surface area contributed by atoms with Crippen LogP contribution in [0.5, 0.6) is 0 Å². The van der Waals surface area contributed by atoms with E-state index in [9.17, 15) is 4.79 Å². The van der Waals surface area contributed by atoms with Crippen LogP contribution in [0.4, 0.5) is 5.69 Å². The minimum atomic E-state index is 0.0129. The zero-order valence-electron chi connectivity index (χ0n) is 10.7. The number of carbonyl (C=O) groups excluding carboxylic acids is 1. The Morgan fingerprint density at radius 2 is 2.28 bits per heavy atom. The van der Waals surface area contributed by atoms with Crippen molar-refractivity contribution in [1.29, 1.82) is 0 Å². The highest BCUT2D eigenvalue weighted by Crippen LogP contribution is 2.16. The summed E-state index contributed by atoms with van der Waals surface area (Å²) in [4.78, 5) is 17.2. The molecule has 96 valence electrons. The van der Waals surface area contributed by atoms with Crippen LogP contribution in [0.15, 0.2) is 11.7 Å². The van der Waals surface area contributed by atoms with E-state index in [0.717, 1.165) is 23.5 Å². The van der Waals surface area contributed by atoms with Gasteiger partial charge < -0.3 is 5.32 Å². The molecule has 0 spiro atoms. The smallest absolute Gasteiger partial charge is 0.224 e. The van der Waals surface area contributed by atoms with E-state index in [4.69, 9.17) is 0 Å². The maximum absolute atomic E-state index is 11.8. The molecule has 2 aromatic rings. The average Bonchev–Trinajstić information content (AvgIpc) is 2.88. The van der Waals surface area contributed by atoms with E-state index in [1.807, 2.05) is 26.4 Å². The number of hydrogen-bond donors (Lipinski definition) is 1. The fraction of sp³-hybridized carbons (Fsp3) is 0.417. The van der Waals surface area contributed by atoms with Crippen molar-refractivity contribution in [2.75, 3.05) is 5.32 Å². The summed E-state index contributed by atoms with van der Waals surface area (Å²) in [6.45, 7) is 3.89. The summed E-state index contributed by atoms with van der Waals surface area (Å²) in [6.07, 6.45) is 2.88. The fourth-order valence-corrected chi connectivity index (χ4v) is 2.41. The molecular formula is C12H16N4OS. The lowest BCUT2D eigenvalue weighted by molar-refractivity contribution is -0.116. The molecule has 0 aliphatic heterocycles. The average molecular weight is 264 g/mol. The molecule has 0 aliphatic carbocycles. The van der Waals surface area contributed by atoms with Crippen molar-refractivity contribution in [2.24, 2.45) is 7.05 Å². The molecule has 0 aromatic carbocycles. The molecule has 2 rings (SSSR count). The molecule has 6 heteroatoms. The Labute approximate surface area is 110 Å². The van der Waals surface area contributed by atoms with Gasteiger partial charge in [0.05, 0.1) is 28.8 Å². The van der Waals surface area contributed by atoms with Crippen LogP contribution in [0.1, 0.15) is 22.7 Å². The quantitative estimate of drug-likeness (QED) is 0.919. The topological polar surface area (TPSA) is 59.8 Å². The van der Waals surface area contributed by atoms with Gasteiger partial charge in [0.2, 0.25) is 5.91 Å². The molecule has 2 aromatic heterocycles. The molecule has 1 amide bonds. The molecular weight excluding hydrogens is 248 g/mol. The fourth-order valence-electron chi connectivity index (χ4n) is 1.63. The van der Waals surface area contributed by atoms with E-state index in [2.05, 4.69) is 15.4 Å². The van der Waals surface area contributed by atoms with E-state index >= 15 is 0 Å². The van der Waals surface area contributed by atoms with Gasteiger partial charge in [-0.05, 0) is 20.3 Å². The van der Waals surface area contributed by atoms with Crippen molar-refractivity contribution in [3.8, 4) is 0 Å². The van der Waals surface area contributed by atoms with Gasteiger partial charge in [-0.3, -0.25) is 9.48 Å². The van der Waals surface area contributed by atoms with Crippen molar-refractivity contribution in [3.63, 3.8) is 0 Å². The highest BCUT2D eigenvalue weighted by atomic mass is 32.1. The van der Waals surface area contributed by atoms with Gasteiger partial charge in [-0.15, -0.1) is 11.3 Å².